The minimum absolute atomic E-state index is 0.0964. The Bertz CT molecular complexity index is 259. The van der Waals surface area contributed by atoms with Crippen LogP contribution in [0, 0.1) is 0 Å². The average molecular weight is 205 g/mol. The molecule has 0 aromatic carbocycles. The molecule has 80 valence electrons. The molecule has 2 rings (SSSR count). The van der Waals surface area contributed by atoms with E-state index in [0.717, 1.165) is 4.90 Å². The third-order valence-electron chi connectivity index (χ3n) is 2.63. The molecule has 0 saturated carbocycles. The van der Waals surface area contributed by atoms with Gasteiger partial charge in [0.15, 0.2) is 6.23 Å². The monoisotopic (exact) mass is 205 g/mol. The Kier molecular flexibility index (Phi) is 2.11. The minimum atomic E-state index is -1.58. The molecule has 2 saturated heterocycles. The molecule has 7 nitrogen and oxygen atoms in total. The highest BCUT2D eigenvalue weighted by Gasteiger charge is 2.53. The summed E-state index contributed by atoms with van der Waals surface area (Å²) < 4.78 is 4.58. The number of hydrogen-bond donors (Lipinski definition) is 4. The number of carbonyl (C=O) groups excluding carboxylic acids is 1. The first-order valence-electron chi connectivity index (χ1n) is 4.21. The first-order valence-corrected chi connectivity index (χ1v) is 4.21. The lowest BCUT2D eigenvalue weighted by Gasteiger charge is -2.41. The van der Waals surface area contributed by atoms with Crippen molar-refractivity contribution >= 4 is 6.09 Å². The van der Waals surface area contributed by atoms with Crippen LogP contribution in [0.2, 0.25) is 0 Å². The van der Waals surface area contributed by atoms with Gasteiger partial charge >= 0.3 is 6.09 Å². The summed E-state index contributed by atoms with van der Waals surface area (Å²) >= 11 is 0. The first kappa shape index (κ1) is 9.66. The molecule has 0 aromatic rings. The maximum absolute atomic E-state index is 11.1. The zero-order valence-electron chi connectivity index (χ0n) is 7.15. The number of rotatable bonds is 0. The fourth-order valence-electron chi connectivity index (χ4n) is 1.78. The fraction of sp³-hybridized carbons (Fsp3) is 0.857. The Balaban J connectivity index is 2.27. The van der Waals surface area contributed by atoms with Crippen LogP contribution in [-0.2, 0) is 4.74 Å². The molecule has 2 aliphatic heterocycles. The van der Waals surface area contributed by atoms with Gasteiger partial charge in [0.05, 0.1) is 0 Å². The van der Waals surface area contributed by atoms with Gasteiger partial charge in [0.25, 0.3) is 0 Å². The van der Waals surface area contributed by atoms with Crippen molar-refractivity contribution in [2.45, 2.75) is 30.6 Å². The van der Waals surface area contributed by atoms with Crippen molar-refractivity contribution in [3.05, 3.63) is 0 Å². The predicted molar refractivity (Wildman–Crippen MR) is 41.0 cm³/mol. The SMILES string of the molecule is O=C1OC[C@@H]2[C@@H](O)[C@H](O)[C@H](O)[C@@H](O)N12. The lowest BCUT2D eigenvalue weighted by molar-refractivity contribution is -0.193. The molecule has 0 radical (unpaired) electrons. The third kappa shape index (κ3) is 1.10. The number of cyclic esters (lactones) is 1. The van der Waals surface area contributed by atoms with Crippen LogP contribution in [0.25, 0.3) is 0 Å². The van der Waals surface area contributed by atoms with E-state index >= 15 is 0 Å². The van der Waals surface area contributed by atoms with Gasteiger partial charge in [0.2, 0.25) is 0 Å². The Hall–Kier alpha value is -0.890. The van der Waals surface area contributed by atoms with Gasteiger partial charge in [0.1, 0.15) is 31.0 Å². The Morgan fingerprint density at radius 2 is 1.79 bits per heavy atom. The van der Waals surface area contributed by atoms with Crippen molar-refractivity contribution in [2.75, 3.05) is 6.61 Å². The van der Waals surface area contributed by atoms with Crippen molar-refractivity contribution in [1.82, 2.24) is 4.90 Å². The number of aliphatic hydroxyl groups excluding tert-OH is 4. The molecule has 0 spiro atoms. The van der Waals surface area contributed by atoms with Crippen LogP contribution in [0.1, 0.15) is 0 Å². The van der Waals surface area contributed by atoms with Gasteiger partial charge in [-0.15, -0.1) is 0 Å². The van der Waals surface area contributed by atoms with Crippen molar-refractivity contribution in [1.29, 1.82) is 0 Å². The summed E-state index contributed by atoms with van der Waals surface area (Å²) in [7, 11) is 0. The van der Waals surface area contributed by atoms with Crippen LogP contribution in [0.5, 0.6) is 0 Å². The van der Waals surface area contributed by atoms with E-state index in [1.54, 1.807) is 0 Å². The summed E-state index contributed by atoms with van der Waals surface area (Å²) in [5.41, 5.74) is 0. The number of carbonyl (C=O) groups is 1. The molecule has 7 heteroatoms. The second-order valence-electron chi connectivity index (χ2n) is 3.44. The molecule has 0 bridgehead atoms. The summed E-state index contributed by atoms with van der Waals surface area (Å²) in [5.74, 6) is 0. The molecule has 0 unspecified atom stereocenters. The van der Waals surface area contributed by atoms with E-state index in [1.165, 1.54) is 0 Å². The second kappa shape index (κ2) is 3.06. The van der Waals surface area contributed by atoms with Crippen molar-refractivity contribution in [3.63, 3.8) is 0 Å². The predicted octanol–water partition coefficient (Wildman–Crippen LogP) is -2.78. The standard InChI is InChI=1S/C7H11NO6/c9-3-2-1-14-7(13)8(2)6(12)5(11)4(3)10/h2-6,9-12H,1H2/t2-,3-,4+,5+,6-/m1/s1. The molecule has 0 aliphatic carbocycles. The van der Waals surface area contributed by atoms with Crippen molar-refractivity contribution < 1.29 is 30.0 Å². The number of aliphatic hydroxyl groups is 4. The van der Waals surface area contributed by atoms with Crippen LogP contribution in [-0.4, -0.2) is 68.6 Å². The van der Waals surface area contributed by atoms with Crippen molar-refractivity contribution in [3.8, 4) is 0 Å². The number of fused-ring (bicyclic) bond motifs is 1. The zero-order chi connectivity index (χ0) is 10.5. The highest BCUT2D eigenvalue weighted by Crippen LogP contribution is 2.28. The maximum Gasteiger partial charge on any atom is 0.412 e. The molecule has 2 aliphatic rings. The minimum Gasteiger partial charge on any atom is -0.447 e. The Labute approximate surface area is 79.1 Å². The van der Waals surface area contributed by atoms with Gasteiger partial charge in [-0.3, -0.25) is 4.90 Å². The average Bonchev–Trinajstić information content (AvgIpc) is 2.54. The van der Waals surface area contributed by atoms with E-state index in [9.17, 15) is 25.2 Å². The Morgan fingerprint density at radius 3 is 2.43 bits per heavy atom. The van der Waals surface area contributed by atoms with E-state index in [1.807, 2.05) is 0 Å². The summed E-state index contributed by atoms with van der Waals surface area (Å²) in [5, 5.41) is 37.4. The number of nitrogens with zero attached hydrogens (tertiary/aromatic N) is 1. The van der Waals surface area contributed by atoms with Crippen LogP contribution < -0.4 is 0 Å². The molecule has 4 N–H and O–H groups in total. The molecular weight excluding hydrogens is 194 g/mol. The van der Waals surface area contributed by atoms with Gasteiger partial charge in [-0.2, -0.15) is 0 Å². The van der Waals surface area contributed by atoms with Crippen LogP contribution in [0.4, 0.5) is 4.79 Å². The highest BCUT2D eigenvalue weighted by atomic mass is 16.6. The molecule has 14 heavy (non-hydrogen) atoms. The largest absolute Gasteiger partial charge is 0.447 e. The van der Waals surface area contributed by atoms with E-state index in [-0.39, 0.29) is 6.61 Å². The number of piperidine rings is 1. The smallest absolute Gasteiger partial charge is 0.412 e. The summed E-state index contributed by atoms with van der Waals surface area (Å²) in [4.78, 5) is 11.9. The molecular formula is C7H11NO6. The summed E-state index contributed by atoms with van der Waals surface area (Å²) in [6.07, 6.45) is -6.69. The highest BCUT2D eigenvalue weighted by molar-refractivity contribution is 5.70. The maximum atomic E-state index is 11.1. The van der Waals surface area contributed by atoms with Gasteiger partial charge < -0.3 is 25.2 Å². The van der Waals surface area contributed by atoms with Crippen LogP contribution in [0.3, 0.4) is 0 Å². The van der Waals surface area contributed by atoms with Gasteiger partial charge in [-0.25, -0.2) is 4.79 Å². The van der Waals surface area contributed by atoms with Crippen molar-refractivity contribution in [2.24, 2.45) is 0 Å². The van der Waals surface area contributed by atoms with Gasteiger partial charge in [-0.1, -0.05) is 0 Å². The van der Waals surface area contributed by atoms with E-state index in [2.05, 4.69) is 4.74 Å². The molecule has 0 aromatic heterocycles. The van der Waals surface area contributed by atoms with E-state index < -0.39 is 36.7 Å². The summed E-state index contributed by atoms with van der Waals surface area (Å²) in [6.45, 7) is -0.0964. The zero-order valence-corrected chi connectivity index (χ0v) is 7.15. The quantitative estimate of drug-likeness (QED) is 0.340. The summed E-state index contributed by atoms with van der Waals surface area (Å²) in [6, 6.07) is -0.795. The van der Waals surface area contributed by atoms with E-state index in [4.69, 9.17) is 0 Å². The number of ether oxygens (including phenoxy) is 1. The van der Waals surface area contributed by atoms with Gasteiger partial charge in [-0.05, 0) is 0 Å². The molecule has 2 fully saturated rings. The Morgan fingerprint density at radius 1 is 1.14 bits per heavy atom. The molecule has 1 amide bonds. The van der Waals surface area contributed by atoms with Crippen LogP contribution in [0.15, 0.2) is 0 Å². The van der Waals surface area contributed by atoms with Crippen LogP contribution >= 0.6 is 0 Å². The fourth-order valence-corrected chi connectivity index (χ4v) is 1.78. The lowest BCUT2D eigenvalue weighted by atomic mass is 9.94. The number of amides is 1. The number of hydrogen-bond acceptors (Lipinski definition) is 6. The normalized spacial score (nSPS) is 47.6. The van der Waals surface area contributed by atoms with Gasteiger partial charge in [0, 0.05) is 0 Å². The first-order chi connectivity index (χ1) is 6.54. The lowest BCUT2D eigenvalue weighted by Crippen LogP contribution is -2.65. The molecule has 2 heterocycles. The topological polar surface area (TPSA) is 110 Å². The second-order valence-corrected chi connectivity index (χ2v) is 3.44. The molecule has 5 atom stereocenters. The van der Waals surface area contributed by atoms with E-state index in [0.29, 0.717) is 0 Å². The third-order valence-corrected chi connectivity index (χ3v) is 2.63.